The lowest BCUT2D eigenvalue weighted by Crippen LogP contribution is -2.20. The molecule has 0 fully saturated rings. The Labute approximate surface area is 161 Å². The number of hydrogen-bond acceptors (Lipinski definition) is 5. The third-order valence-electron chi connectivity index (χ3n) is 2.95. The molecular weight excluding hydrogens is 461 g/mol. The van der Waals surface area contributed by atoms with E-state index in [9.17, 15) is 4.79 Å². The molecule has 0 spiro atoms. The zero-order chi connectivity index (χ0) is 16.9. The van der Waals surface area contributed by atoms with Crippen molar-refractivity contribution in [1.82, 2.24) is 10.2 Å². The van der Waals surface area contributed by atoms with E-state index < -0.39 is 0 Å². The molecule has 2 aromatic carbocycles. The highest BCUT2D eigenvalue weighted by Gasteiger charge is 2.10. The van der Waals surface area contributed by atoms with E-state index in [-0.39, 0.29) is 12.5 Å². The fraction of sp³-hybridized carbons (Fsp3) is 0.0625. The lowest BCUT2D eigenvalue weighted by molar-refractivity contribution is -0.118. The van der Waals surface area contributed by atoms with Gasteiger partial charge in [-0.3, -0.25) is 10.1 Å². The van der Waals surface area contributed by atoms with Crippen molar-refractivity contribution in [2.75, 3.05) is 11.9 Å². The third kappa shape index (κ3) is 4.65. The molecule has 1 heterocycles. The van der Waals surface area contributed by atoms with Gasteiger partial charge in [0.15, 0.2) is 6.61 Å². The van der Waals surface area contributed by atoms with Crippen LogP contribution in [0.5, 0.6) is 5.75 Å². The van der Waals surface area contributed by atoms with Gasteiger partial charge in [0.1, 0.15) is 10.8 Å². The lowest BCUT2D eigenvalue weighted by Gasteiger charge is -2.05. The number of ether oxygens (including phenoxy) is 1. The van der Waals surface area contributed by atoms with Crippen LogP contribution in [0.2, 0.25) is 5.02 Å². The van der Waals surface area contributed by atoms with Crippen LogP contribution < -0.4 is 10.1 Å². The Morgan fingerprint density at radius 3 is 2.54 bits per heavy atom. The molecule has 3 aromatic rings. The van der Waals surface area contributed by atoms with Crippen molar-refractivity contribution < 1.29 is 9.53 Å². The number of hydrogen-bond donors (Lipinski definition) is 1. The number of rotatable bonds is 5. The highest BCUT2D eigenvalue weighted by molar-refractivity contribution is 14.1. The van der Waals surface area contributed by atoms with E-state index in [0.29, 0.717) is 20.9 Å². The van der Waals surface area contributed by atoms with Crippen LogP contribution in [0, 0.1) is 3.57 Å². The van der Waals surface area contributed by atoms with Crippen molar-refractivity contribution in [3.8, 4) is 16.3 Å². The minimum absolute atomic E-state index is 0.0869. The van der Waals surface area contributed by atoms with Crippen molar-refractivity contribution in [3.63, 3.8) is 0 Å². The molecule has 1 N–H and O–H groups in total. The summed E-state index contributed by atoms with van der Waals surface area (Å²) in [6, 6.07) is 14.7. The van der Waals surface area contributed by atoms with E-state index in [4.69, 9.17) is 16.3 Å². The summed E-state index contributed by atoms with van der Waals surface area (Å²) in [4.78, 5) is 11.9. The molecule has 0 unspecified atom stereocenters. The van der Waals surface area contributed by atoms with Gasteiger partial charge in [-0.1, -0.05) is 35.1 Å². The predicted octanol–water partition coefficient (Wildman–Crippen LogP) is 4.48. The molecule has 5 nitrogen and oxygen atoms in total. The number of halogens is 2. The quantitative estimate of drug-likeness (QED) is 0.557. The second-order valence-electron chi connectivity index (χ2n) is 4.71. The molecule has 3 rings (SSSR count). The summed E-state index contributed by atoms with van der Waals surface area (Å²) in [5.41, 5.74) is 0.896. The Balaban J connectivity index is 1.57. The Bertz CT molecular complexity index is 837. The number of anilines is 1. The van der Waals surface area contributed by atoms with Crippen LogP contribution in [0.3, 0.4) is 0 Å². The molecule has 0 bridgehead atoms. The second kappa shape index (κ2) is 7.91. The molecular formula is C16H11ClIN3O2S. The zero-order valence-corrected chi connectivity index (χ0v) is 15.9. The minimum atomic E-state index is -0.285. The average molecular weight is 472 g/mol. The van der Waals surface area contributed by atoms with Gasteiger partial charge in [0.25, 0.3) is 5.91 Å². The molecule has 0 saturated carbocycles. The monoisotopic (exact) mass is 471 g/mol. The zero-order valence-electron chi connectivity index (χ0n) is 12.2. The minimum Gasteiger partial charge on any atom is -0.484 e. The van der Waals surface area contributed by atoms with E-state index in [0.717, 1.165) is 9.13 Å². The summed E-state index contributed by atoms with van der Waals surface area (Å²) in [5.74, 6) is 0.358. The molecule has 1 aromatic heterocycles. The van der Waals surface area contributed by atoms with E-state index >= 15 is 0 Å². The van der Waals surface area contributed by atoms with Gasteiger partial charge < -0.3 is 4.74 Å². The number of aromatic nitrogens is 2. The average Bonchev–Trinajstić information content (AvgIpc) is 3.03. The first-order chi connectivity index (χ1) is 11.6. The normalized spacial score (nSPS) is 10.4. The Hall–Kier alpha value is -1.71. The summed E-state index contributed by atoms with van der Waals surface area (Å²) in [7, 11) is 0. The largest absolute Gasteiger partial charge is 0.484 e. The Kier molecular flexibility index (Phi) is 5.64. The van der Waals surface area contributed by atoms with Crippen LogP contribution in [0.1, 0.15) is 0 Å². The van der Waals surface area contributed by atoms with Gasteiger partial charge in [-0.25, -0.2) is 0 Å². The van der Waals surface area contributed by atoms with Crippen LogP contribution >= 0.6 is 45.5 Å². The van der Waals surface area contributed by atoms with Gasteiger partial charge >= 0.3 is 0 Å². The summed E-state index contributed by atoms with van der Waals surface area (Å²) < 4.78 is 6.53. The van der Waals surface area contributed by atoms with Gasteiger partial charge in [0, 0.05) is 14.2 Å². The maximum atomic E-state index is 11.9. The molecule has 8 heteroatoms. The van der Waals surface area contributed by atoms with Crippen molar-refractivity contribution in [2.24, 2.45) is 0 Å². The molecule has 0 aliphatic heterocycles. The van der Waals surface area contributed by atoms with Crippen molar-refractivity contribution >= 4 is 56.6 Å². The van der Waals surface area contributed by atoms with Crippen molar-refractivity contribution in [1.29, 1.82) is 0 Å². The molecule has 0 aliphatic rings. The maximum absolute atomic E-state index is 11.9. The number of amides is 1. The van der Waals surface area contributed by atoms with Gasteiger partial charge in [-0.15, -0.1) is 10.2 Å². The summed E-state index contributed by atoms with van der Waals surface area (Å²) in [5, 5.41) is 12.5. The molecule has 0 radical (unpaired) electrons. The summed E-state index contributed by atoms with van der Waals surface area (Å²) in [6.45, 7) is -0.0869. The van der Waals surface area contributed by atoms with Crippen LogP contribution in [-0.4, -0.2) is 22.7 Å². The SMILES string of the molecule is O=C(COc1ccc(I)cc1)Nc1nnc(-c2ccc(Cl)cc2)s1. The highest BCUT2D eigenvalue weighted by Crippen LogP contribution is 2.27. The van der Waals surface area contributed by atoms with Gasteiger partial charge in [-0.2, -0.15) is 0 Å². The van der Waals surface area contributed by atoms with E-state index in [1.54, 1.807) is 12.1 Å². The number of carbonyl (C=O) groups excluding carboxylic acids is 1. The summed E-state index contributed by atoms with van der Waals surface area (Å²) in [6.07, 6.45) is 0. The smallest absolute Gasteiger partial charge is 0.264 e. The number of nitrogens with one attached hydrogen (secondary N) is 1. The first-order valence-electron chi connectivity index (χ1n) is 6.88. The summed E-state index contributed by atoms with van der Waals surface area (Å²) >= 11 is 9.36. The Morgan fingerprint density at radius 2 is 1.83 bits per heavy atom. The van der Waals surface area contributed by atoms with Crippen LogP contribution in [0.15, 0.2) is 48.5 Å². The topological polar surface area (TPSA) is 64.1 Å². The van der Waals surface area contributed by atoms with E-state index in [1.165, 1.54) is 11.3 Å². The molecule has 0 aliphatic carbocycles. The number of benzene rings is 2. The standard InChI is InChI=1S/C16H11ClIN3O2S/c17-11-3-1-10(2-4-11)15-20-21-16(24-15)19-14(22)9-23-13-7-5-12(18)6-8-13/h1-8H,9H2,(H,19,21,22). The molecule has 0 saturated heterocycles. The third-order valence-corrected chi connectivity index (χ3v) is 4.80. The number of carbonyl (C=O) groups is 1. The fourth-order valence-corrected chi connectivity index (χ4v) is 3.07. The fourth-order valence-electron chi connectivity index (χ4n) is 1.82. The van der Waals surface area contributed by atoms with Gasteiger partial charge in [0.05, 0.1) is 0 Å². The highest BCUT2D eigenvalue weighted by atomic mass is 127. The van der Waals surface area contributed by atoms with E-state index in [2.05, 4.69) is 38.1 Å². The van der Waals surface area contributed by atoms with Crippen LogP contribution in [0.4, 0.5) is 5.13 Å². The molecule has 1 amide bonds. The van der Waals surface area contributed by atoms with Gasteiger partial charge in [-0.05, 0) is 59.0 Å². The van der Waals surface area contributed by atoms with Crippen LogP contribution in [-0.2, 0) is 4.79 Å². The maximum Gasteiger partial charge on any atom is 0.264 e. The molecule has 122 valence electrons. The van der Waals surface area contributed by atoms with Crippen LogP contribution in [0.25, 0.3) is 10.6 Å². The predicted molar refractivity (Wildman–Crippen MR) is 104 cm³/mol. The van der Waals surface area contributed by atoms with Gasteiger partial charge in [0.2, 0.25) is 5.13 Å². The molecule has 24 heavy (non-hydrogen) atoms. The van der Waals surface area contributed by atoms with Crippen molar-refractivity contribution in [2.45, 2.75) is 0 Å². The lowest BCUT2D eigenvalue weighted by atomic mass is 10.2. The Morgan fingerprint density at radius 1 is 1.12 bits per heavy atom. The van der Waals surface area contributed by atoms with E-state index in [1.807, 2.05) is 36.4 Å². The van der Waals surface area contributed by atoms with Crippen molar-refractivity contribution in [3.05, 3.63) is 57.1 Å². The first kappa shape index (κ1) is 17.1. The molecule has 0 atom stereocenters. The second-order valence-corrected chi connectivity index (χ2v) is 7.37. The number of nitrogens with zero attached hydrogens (tertiary/aromatic N) is 2. The first-order valence-corrected chi connectivity index (χ1v) is 9.15.